The molecule has 1 aliphatic heterocycles. The molecule has 0 spiro atoms. The Morgan fingerprint density at radius 2 is 2.11 bits per heavy atom. The standard InChI is InChI=1S/C6H9NO2.C6H9N.2Y/c1-2-4-7-5-3-6(8)9;1-2-4-6-7-5-3-1;;/h2-3,5,7H,1,4H2,(H,8,9);1,3-4,6-7H,2,5H2;;/b5-3-;;;. The maximum Gasteiger partial charge on any atom is 0.329 e. The number of carboxylic acid groups (broad SMARTS) is 1. The quantitative estimate of drug-likeness (QED) is 0.380. The van der Waals surface area contributed by atoms with E-state index in [4.69, 9.17) is 5.11 Å². The third-order valence-corrected chi connectivity index (χ3v) is 1.52. The minimum atomic E-state index is -0.952. The van der Waals surface area contributed by atoms with Crippen LogP contribution in [0.15, 0.2) is 49.4 Å². The van der Waals surface area contributed by atoms with Crippen LogP contribution in [0, 0.1) is 0 Å². The van der Waals surface area contributed by atoms with Crippen molar-refractivity contribution in [3.63, 3.8) is 0 Å². The predicted molar refractivity (Wildman–Crippen MR) is 65.9 cm³/mol. The van der Waals surface area contributed by atoms with Crippen LogP contribution < -0.4 is 10.6 Å². The summed E-state index contributed by atoms with van der Waals surface area (Å²) >= 11 is 0. The zero-order chi connectivity index (χ0) is 12.1. The van der Waals surface area contributed by atoms with Crippen LogP contribution >= 0.6 is 0 Å². The van der Waals surface area contributed by atoms with Gasteiger partial charge in [-0.2, -0.15) is 0 Å². The summed E-state index contributed by atoms with van der Waals surface area (Å²) in [4.78, 5) is 9.81. The maximum atomic E-state index is 9.81. The topological polar surface area (TPSA) is 61.4 Å². The molecule has 0 fully saturated rings. The van der Waals surface area contributed by atoms with E-state index in [1.165, 1.54) is 6.20 Å². The van der Waals surface area contributed by atoms with Gasteiger partial charge in [-0.05, 0) is 12.6 Å². The molecule has 6 heteroatoms. The summed E-state index contributed by atoms with van der Waals surface area (Å²) in [5.74, 6) is -0.952. The van der Waals surface area contributed by atoms with E-state index in [2.05, 4.69) is 35.4 Å². The summed E-state index contributed by atoms with van der Waals surface area (Å²) in [6, 6.07) is 0. The van der Waals surface area contributed by atoms with E-state index in [1.54, 1.807) is 6.08 Å². The van der Waals surface area contributed by atoms with Crippen LogP contribution in [0.25, 0.3) is 0 Å². The minimum Gasteiger partial charge on any atom is -0.478 e. The summed E-state index contributed by atoms with van der Waals surface area (Å²) in [5.41, 5.74) is 0. The predicted octanol–water partition coefficient (Wildman–Crippen LogP) is 1.40. The first kappa shape index (κ1) is 23.3. The van der Waals surface area contributed by atoms with Gasteiger partial charge < -0.3 is 15.7 Å². The SMILES string of the molecule is C1=CCNC=CC1.C=CCN/C=C\C(=O)O.[Y].[Y]. The molecule has 0 saturated heterocycles. The molecule has 1 aliphatic rings. The number of aliphatic carboxylic acids is 1. The van der Waals surface area contributed by atoms with Crippen LogP contribution in [0.5, 0.6) is 0 Å². The van der Waals surface area contributed by atoms with Gasteiger partial charge in [0.1, 0.15) is 0 Å². The molecule has 18 heavy (non-hydrogen) atoms. The van der Waals surface area contributed by atoms with Gasteiger partial charge in [0, 0.05) is 90.8 Å². The van der Waals surface area contributed by atoms with Crippen molar-refractivity contribution >= 4 is 5.97 Å². The maximum absolute atomic E-state index is 9.81. The monoisotopic (exact) mass is 400 g/mol. The van der Waals surface area contributed by atoms with Gasteiger partial charge in [-0.1, -0.05) is 24.3 Å². The Labute approximate surface area is 159 Å². The Hall–Kier alpha value is 0.238. The second kappa shape index (κ2) is 19.6. The van der Waals surface area contributed by atoms with Gasteiger partial charge in [0.05, 0.1) is 0 Å². The first-order valence-corrected chi connectivity index (χ1v) is 5.04. The molecule has 0 aromatic carbocycles. The molecule has 0 aromatic rings. The van der Waals surface area contributed by atoms with E-state index < -0.39 is 5.97 Å². The summed E-state index contributed by atoms with van der Waals surface area (Å²) in [6.07, 6.45) is 13.5. The van der Waals surface area contributed by atoms with E-state index >= 15 is 0 Å². The molecule has 94 valence electrons. The molecule has 0 amide bonds. The smallest absolute Gasteiger partial charge is 0.329 e. The van der Waals surface area contributed by atoms with Crippen LogP contribution in [0.3, 0.4) is 0 Å². The van der Waals surface area contributed by atoms with Crippen molar-refractivity contribution in [3.05, 3.63) is 49.4 Å². The number of carbonyl (C=O) groups is 1. The molecule has 3 N–H and O–H groups in total. The Morgan fingerprint density at radius 3 is 2.72 bits per heavy atom. The van der Waals surface area contributed by atoms with Crippen molar-refractivity contribution < 1.29 is 75.3 Å². The molecule has 0 saturated carbocycles. The van der Waals surface area contributed by atoms with Gasteiger partial charge in [0.2, 0.25) is 0 Å². The molecule has 0 atom stereocenters. The van der Waals surface area contributed by atoms with Crippen LogP contribution in [-0.2, 0) is 70.2 Å². The van der Waals surface area contributed by atoms with Crippen LogP contribution in [0.2, 0.25) is 0 Å². The van der Waals surface area contributed by atoms with E-state index in [0.717, 1.165) is 19.0 Å². The Balaban J connectivity index is -0.000000229. The second-order valence-electron chi connectivity index (χ2n) is 2.89. The zero-order valence-corrected chi connectivity index (χ0v) is 16.1. The normalized spacial score (nSPS) is 11.8. The van der Waals surface area contributed by atoms with Crippen molar-refractivity contribution in [3.8, 4) is 0 Å². The van der Waals surface area contributed by atoms with E-state index in [-0.39, 0.29) is 65.4 Å². The molecule has 1 heterocycles. The molecule has 2 radical (unpaired) electrons. The zero-order valence-electron chi connectivity index (χ0n) is 10.4. The summed E-state index contributed by atoms with van der Waals surface area (Å²) in [7, 11) is 0. The second-order valence-corrected chi connectivity index (χ2v) is 2.89. The molecular formula is C12H18N2O2Y2. The van der Waals surface area contributed by atoms with Crippen LogP contribution in [0.4, 0.5) is 0 Å². The van der Waals surface area contributed by atoms with Crippen molar-refractivity contribution in [2.24, 2.45) is 0 Å². The van der Waals surface area contributed by atoms with Gasteiger partial charge in [-0.3, -0.25) is 0 Å². The summed E-state index contributed by atoms with van der Waals surface area (Å²) in [5, 5.41) is 13.8. The first-order valence-electron chi connectivity index (χ1n) is 5.04. The van der Waals surface area contributed by atoms with Crippen molar-refractivity contribution in [2.75, 3.05) is 13.1 Å². The average molecular weight is 400 g/mol. The van der Waals surface area contributed by atoms with Crippen molar-refractivity contribution in [2.45, 2.75) is 6.42 Å². The van der Waals surface area contributed by atoms with Gasteiger partial charge in [0.25, 0.3) is 0 Å². The van der Waals surface area contributed by atoms with Gasteiger partial charge in [-0.15, -0.1) is 6.58 Å². The Bertz CT molecular complexity index is 278. The number of hydrogen-bond donors (Lipinski definition) is 3. The van der Waals surface area contributed by atoms with Gasteiger partial charge in [-0.25, -0.2) is 4.79 Å². The fraction of sp³-hybridized carbons (Fsp3) is 0.250. The average Bonchev–Trinajstić information content (AvgIpc) is 2.57. The summed E-state index contributed by atoms with van der Waals surface area (Å²) in [6.45, 7) is 5.00. The fourth-order valence-electron chi connectivity index (χ4n) is 0.827. The van der Waals surface area contributed by atoms with E-state index in [0.29, 0.717) is 6.54 Å². The Kier molecular flexibility index (Phi) is 25.4. The molecule has 4 nitrogen and oxygen atoms in total. The number of hydrogen-bond acceptors (Lipinski definition) is 3. The van der Waals surface area contributed by atoms with Gasteiger partial charge >= 0.3 is 5.97 Å². The number of carboxylic acids is 1. The molecule has 0 aliphatic carbocycles. The number of rotatable bonds is 4. The molecular weight excluding hydrogens is 382 g/mol. The van der Waals surface area contributed by atoms with Crippen LogP contribution in [0.1, 0.15) is 6.42 Å². The molecule has 0 bridgehead atoms. The number of nitrogens with one attached hydrogen (secondary N) is 2. The first-order chi connectivity index (χ1) is 7.77. The van der Waals surface area contributed by atoms with Crippen molar-refractivity contribution in [1.29, 1.82) is 0 Å². The minimum absolute atomic E-state index is 0. The van der Waals surface area contributed by atoms with E-state index in [9.17, 15) is 4.79 Å². The van der Waals surface area contributed by atoms with Crippen LogP contribution in [-0.4, -0.2) is 24.2 Å². The molecule has 1 rings (SSSR count). The van der Waals surface area contributed by atoms with Crippen molar-refractivity contribution in [1.82, 2.24) is 10.6 Å². The van der Waals surface area contributed by atoms with E-state index in [1.807, 2.05) is 6.20 Å². The third-order valence-electron chi connectivity index (χ3n) is 1.52. The largest absolute Gasteiger partial charge is 0.478 e. The number of allylic oxidation sites excluding steroid dienone is 2. The molecule has 0 aromatic heterocycles. The third kappa shape index (κ3) is 21.5. The summed E-state index contributed by atoms with van der Waals surface area (Å²) < 4.78 is 0. The Morgan fingerprint density at radius 1 is 1.39 bits per heavy atom. The van der Waals surface area contributed by atoms with Gasteiger partial charge in [0.15, 0.2) is 0 Å². The fourth-order valence-corrected chi connectivity index (χ4v) is 0.827. The molecule has 0 unspecified atom stereocenters.